The maximum Gasteiger partial charge on any atom is 0.254 e. The van der Waals surface area contributed by atoms with Crippen molar-refractivity contribution >= 4 is 83.0 Å². The molecular weight excluding hydrogens is 960 g/mol. The number of anilines is 5. The van der Waals surface area contributed by atoms with Crippen LogP contribution in [0.15, 0.2) is 121 Å². The summed E-state index contributed by atoms with van der Waals surface area (Å²) in [6.07, 6.45) is 15.2. The van der Waals surface area contributed by atoms with E-state index in [9.17, 15) is 0 Å². The molecule has 1 fully saturated rings. The van der Waals surface area contributed by atoms with E-state index in [1.54, 1.807) is 11.1 Å². The molecule has 1 saturated carbocycles. The van der Waals surface area contributed by atoms with Gasteiger partial charge in [0.05, 0.1) is 5.00 Å². The zero-order valence-electron chi connectivity index (χ0n) is 50.7. The molecule has 7 aromatic rings. The third kappa shape index (κ3) is 7.88. The lowest BCUT2D eigenvalue weighted by molar-refractivity contribution is 0.0327. The molecular formula is C74H87BN2S. The van der Waals surface area contributed by atoms with Crippen molar-refractivity contribution in [3.8, 4) is 11.1 Å². The van der Waals surface area contributed by atoms with E-state index in [1.165, 1.54) is 143 Å². The predicted octanol–water partition coefficient (Wildman–Crippen LogP) is 19.3. The second-order valence-electron chi connectivity index (χ2n) is 31.5. The van der Waals surface area contributed by atoms with Gasteiger partial charge in [-0.05, 0) is 225 Å². The third-order valence-corrected chi connectivity index (χ3v) is 22.5. The Morgan fingerprint density at radius 2 is 1.03 bits per heavy atom. The van der Waals surface area contributed by atoms with Crippen LogP contribution in [-0.2, 0) is 32.5 Å². The van der Waals surface area contributed by atoms with Gasteiger partial charge in [-0.25, -0.2) is 0 Å². The molecule has 2 atom stereocenters. The van der Waals surface area contributed by atoms with Crippen molar-refractivity contribution in [3.05, 3.63) is 154 Å². The van der Waals surface area contributed by atoms with Crippen LogP contribution in [0.2, 0.25) is 0 Å². The summed E-state index contributed by atoms with van der Waals surface area (Å²) in [5.74, 6) is 0.891. The first kappa shape index (κ1) is 52.1. The minimum atomic E-state index is -0.0622. The maximum absolute atomic E-state index is 2.81. The summed E-state index contributed by atoms with van der Waals surface area (Å²) in [7, 11) is 0. The van der Waals surface area contributed by atoms with Crippen molar-refractivity contribution in [3.63, 3.8) is 0 Å². The predicted molar refractivity (Wildman–Crippen MR) is 342 cm³/mol. The summed E-state index contributed by atoms with van der Waals surface area (Å²) < 4.78 is 1.42. The second-order valence-corrected chi connectivity index (χ2v) is 32.6. The van der Waals surface area contributed by atoms with Crippen LogP contribution in [0.5, 0.6) is 0 Å². The monoisotopic (exact) mass is 1050 g/mol. The van der Waals surface area contributed by atoms with Gasteiger partial charge in [0.1, 0.15) is 0 Å². The molecule has 4 heteroatoms. The van der Waals surface area contributed by atoms with Crippen LogP contribution in [0.4, 0.5) is 27.8 Å². The standard InChI is InChI=1S/C74H87BN2S/c1-67(2,3)48-36-49(68(4,5)6)38-51(37-48)76-60-42-57-56(72(13,14)30-31-73(57,15)16)41-59(60)75-64-52-40-55-58(74(17,18)32-29-71(55,11)12)43-63(52)78-66(64)77(50-25-26-53-54(39-50)70(9,10)28-27-69(53,7)8)62-35-47(34-61(76)65(62)75)46-24-23-44-21-19-20-22-45(44)33-46/h19-26,33-43,53-54H,27-32H2,1-18H3/t53?,54-/m1/s1. The molecule has 402 valence electrons. The summed E-state index contributed by atoms with van der Waals surface area (Å²) >= 11 is 2.07. The fourth-order valence-corrected chi connectivity index (χ4v) is 16.9. The highest BCUT2D eigenvalue weighted by Gasteiger charge is 2.51. The Morgan fingerprint density at radius 3 is 1.63 bits per heavy atom. The van der Waals surface area contributed by atoms with E-state index in [0.29, 0.717) is 11.8 Å². The number of benzene rings is 6. The number of hydrogen-bond acceptors (Lipinski definition) is 3. The van der Waals surface area contributed by atoms with E-state index in [1.807, 2.05) is 0 Å². The summed E-state index contributed by atoms with van der Waals surface area (Å²) in [5.41, 5.74) is 22.8. The molecule has 6 aromatic carbocycles. The van der Waals surface area contributed by atoms with Gasteiger partial charge in [-0.1, -0.05) is 185 Å². The van der Waals surface area contributed by atoms with E-state index < -0.39 is 0 Å². The lowest BCUT2D eigenvalue weighted by Gasteiger charge is -2.52. The first-order chi connectivity index (χ1) is 36.3. The van der Waals surface area contributed by atoms with Crippen LogP contribution < -0.4 is 26.2 Å². The van der Waals surface area contributed by atoms with Crippen molar-refractivity contribution in [2.75, 3.05) is 9.80 Å². The molecule has 2 nitrogen and oxygen atoms in total. The number of rotatable bonds is 3. The fraction of sp³-hybridized carbons (Fsp3) is 0.459. The van der Waals surface area contributed by atoms with Gasteiger partial charge in [-0.2, -0.15) is 0 Å². The van der Waals surface area contributed by atoms with E-state index >= 15 is 0 Å². The number of allylic oxidation sites excluding steroid dienone is 3. The molecule has 1 unspecified atom stereocenters. The van der Waals surface area contributed by atoms with E-state index in [0.717, 1.165) is 0 Å². The lowest BCUT2D eigenvalue weighted by atomic mass is 9.33. The van der Waals surface area contributed by atoms with Crippen LogP contribution in [0, 0.1) is 22.7 Å². The van der Waals surface area contributed by atoms with Gasteiger partial charge < -0.3 is 9.80 Å². The SMILES string of the molecule is CC(C)(C)c1cc(N2c3cc4c(cc3B3c5c(cc(-c6ccc7ccccc7c6)cc52)N(C2=C[C@@H]5C(C=C2)C(C)(C)CCC5(C)C)c2sc5cc6c(cc5c23)C(C)(C)CCC6(C)C)C(C)(C)CCC4(C)C)cc(C(C)(C)C)c1. The summed E-state index contributed by atoms with van der Waals surface area (Å²) in [6.45, 7) is 44.7. The zero-order chi connectivity index (χ0) is 55.4. The van der Waals surface area contributed by atoms with E-state index in [2.05, 4.69) is 261 Å². The van der Waals surface area contributed by atoms with Gasteiger partial charge in [-0.15, -0.1) is 11.3 Å². The minimum absolute atomic E-state index is 0.00895. The van der Waals surface area contributed by atoms with Gasteiger partial charge in [0.25, 0.3) is 6.71 Å². The van der Waals surface area contributed by atoms with Gasteiger partial charge in [0.15, 0.2) is 0 Å². The molecule has 0 amide bonds. The summed E-state index contributed by atoms with van der Waals surface area (Å²) in [4.78, 5) is 5.58. The molecule has 2 aliphatic heterocycles. The number of fused-ring (bicyclic) bond motifs is 10. The topological polar surface area (TPSA) is 6.48 Å². The van der Waals surface area contributed by atoms with Gasteiger partial charge in [0.2, 0.25) is 0 Å². The van der Waals surface area contributed by atoms with Gasteiger partial charge in [-0.3, -0.25) is 0 Å². The lowest BCUT2D eigenvalue weighted by Crippen LogP contribution is -2.62. The highest BCUT2D eigenvalue weighted by atomic mass is 32.1. The van der Waals surface area contributed by atoms with Crippen LogP contribution >= 0.6 is 11.3 Å². The highest BCUT2D eigenvalue weighted by molar-refractivity contribution is 7.26. The quantitative estimate of drug-likeness (QED) is 0.163. The first-order valence-corrected chi connectivity index (χ1v) is 30.8. The molecule has 78 heavy (non-hydrogen) atoms. The minimum Gasteiger partial charge on any atom is -0.311 e. The van der Waals surface area contributed by atoms with Gasteiger partial charge in [0, 0.05) is 33.1 Å². The van der Waals surface area contributed by atoms with E-state index in [-0.39, 0.29) is 50.0 Å². The molecule has 13 rings (SSSR count). The van der Waals surface area contributed by atoms with Crippen LogP contribution in [-0.4, -0.2) is 6.71 Å². The Bertz CT molecular complexity index is 3720. The number of nitrogens with zero attached hydrogens (tertiary/aromatic N) is 2. The molecule has 6 aliphatic rings. The summed E-state index contributed by atoms with van der Waals surface area (Å²) in [6, 6.07) is 39.8. The molecule has 0 spiro atoms. The van der Waals surface area contributed by atoms with Crippen molar-refractivity contribution in [2.45, 2.75) is 196 Å². The van der Waals surface area contributed by atoms with Crippen LogP contribution in [0.1, 0.15) is 197 Å². The Labute approximate surface area is 473 Å². The second kappa shape index (κ2) is 16.6. The van der Waals surface area contributed by atoms with Crippen molar-refractivity contribution in [1.29, 1.82) is 0 Å². The average molecular weight is 1050 g/mol. The fourth-order valence-electron chi connectivity index (χ4n) is 15.6. The summed E-state index contributed by atoms with van der Waals surface area (Å²) in [5, 5.41) is 5.39. The third-order valence-electron chi connectivity index (χ3n) is 21.3. The highest BCUT2D eigenvalue weighted by Crippen LogP contribution is 2.58. The maximum atomic E-state index is 2.81. The number of thiophene rings is 1. The van der Waals surface area contributed by atoms with Crippen LogP contribution in [0.25, 0.3) is 32.0 Å². The van der Waals surface area contributed by atoms with Crippen LogP contribution in [0.3, 0.4) is 0 Å². The Balaban J connectivity index is 1.21. The molecule has 4 aliphatic carbocycles. The normalized spacial score (nSPS) is 22.7. The van der Waals surface area contributed by atoms with Crippen molar-refractivity contribution in [1.82, 2.24) is 0 Å². The Morgan fingerprint density at radius 1 is 0.487 bits per heavy atom. The Hall–Kier alpha value is -5.32. The zero-order valence-corrected chi connectivity index (χ0v) is 51.6. The number of hydrogen-bond donors (Lipinski definition) is 0. The van der Waals surface area contributed by atoms with Gasteiger partial charge >= 0.3 is 0 Å². The Kier molecular flexibility index (Phi) is 11.1. The molecule has 0 saturated heterocycles. The first-order valence-electron chi connectivity index (χ1n) is 30.0. The van der Waals surface area contributed by atoms with Crippen molar-refractivity contribution < 1.29 is 0 Å². The smallest absolute Gasteiger partial charge is 0.254 e. The van der Waals surface area contributed by atoms with Crippen molar-refractivity contribution in [2.24, 2.45) is 22.7 Å². The largest absolute Gasteiger partial charge is 0.311 e. The molecule has 3 heterocycles. The molecule has 0 radical (unpaired) electrons. The molecule has 1 aromatic heterocycles. The average Bonchev–Trinajstić information content (AvgIpc) is 3.08. The van der Waals surface area contributed by atoms with E-state index in [4.69, 9.17) is 0 Å². The molecule has 0 N–H and O–H groups in total. The molecule has 0 bridgehead atoms.